The Morgan fingerprint density at radius 1 is 1.48 bits per heavy atom. The first-order chi connectivity index (χ1) is 9.80. The van der Waals surface area contributed by atoms with Crippen molar-refractivity contribution in [3.8, 4) is 0 Å². The Labute approximate surface area is 124 Å². The average molecular weight is 291 g/mol. The van der Waals surface area contributed by atoms with Crippen LogP contribution in [-0.4, -0.2) is 24.1 Å². The molecule has 21 heavy (non-hydrogen) atoms. The van der Waals surface area contributed by atoms with Gasteiger partial charge in [-0.15, -0.1) is 0 Å². The van der Waals surface area contributed by atoms with Crippen LogP contribution in [0.2, 0.25) is 0 Å². The number of allylic oxidation sites excluding steroid dienone is 3. The minimum absolute atomic E-state index is 0.0961. The van der Waals surface area contributed by atoms with Gasteiger partial charge in [-0.3, -0.25) is 4.79 Å². The second kappa shape index (κ2) is 6.97. The first kappa shape index (κ1) is 16.8. The maximum absolute atomic E-state index is 12.0. The van der Waals surface area contributed by atoms with Crippen molar-refractivity contribution in [2.24, 2.45) is 11.1 Å². The highest BCUT2D eigenvalue weighted by Gasteiger charge is 2.20. The van der Waals surface area contributed by atoms with Crippen LogP contribution in [0.1, 0.15) is 27.7 Å². The normalized spacial score (nSPS) is 16.9. The van der Waals surface area contributed by atoms with Crippen LogP contribution in [0.3, 0.4) is 0 Å². The molecule has 2 N–H and O–H groups in total. The number of rotatable bonds is 7. The minimum atomic E-state index is -0.793. The Morgan fingerprint density at radius 3 is 2.57 bits per heavy atom. The smallest absolute Gasteiger partial charge is 0.169 e. The number of dihydropyridines is 1. The highest BCUT2D eigenvalue weighted by molar-refractivity contribution is 6.14. The van der Waals surface area contributed by atoms with Gasteiger partial charge in [0, 0.05) is 18.3 Å². The van der Waals surface area contributed by atoms with Gasteiger partial charge < -0.3 is 15.5 Å². The fourth-order valence-corrected chi connectivity index (χ4v) is 1.55. The lowest BCUT2D eigenvalue weighted by atomic mass is 9.99. The number of hydrogen-bond acceptors (Lipinski definition) is 6. The van der Waals surface area contributed by atoms with Crippen molar-refractivity contribution >= 4 is 12.0 Å². The van der Waals surface area contributed by atoms with Crippen molar-refractivity contribution < 1.29 is 9.53 Å². The van der Waals surface area contributed by atoms with Crippen LogP contribution in [0, 0.1) is 16.2 Å². The van der Waals surface area contributed by atoms with Crippen LogP contribution in [0.15, 0.2) is 40.6 Å². The molecule has 0 aromatic heterocycles. The Kier molecular flexibility index (Phi) is 5.58. The zero-order valence-corrected chi connectivity index (χ0v) is 12.8. The van der Waals surface area contributed by atoms with Gasteiger partial charge in [0.05, 0.1) is 11.3 Å². The number of carbonyl (C=O) groups is 1. The third-order valence-corrected chi connectivity index (χ3v) is 2.85. The first-order valence-corrected chi connectivity index (χ1v) is 6.72. The monoisotopic (exact) mass is 291 g/mol. The summed E-state index contributed by atoms with van der Waals surface area (Å²) in [5.41, 5.74) is 0.0914. The van der Waals surface area contributed by atoms with Gasteiger partial charge in [0.15, 0.2) is 5.78 Å². The van der Waals surface area contributed by atoms with Gasteiger partial charge in [0.2, 0.25) is 0 Å². The summed E-state index contributed by atoms with van der Waals surface area (Å²) >= 11 is 0. The highest BCUT2D eigenvalue weighted by atomic mass is 16.5. The quantitative estimate of drug-likeness (QED) is 0.428. The lowest BCUT2D eigenvalue weighted by Gasteiger charge is -2.19. The Morgan fingerprint density at radius 2 is 2.14 bits per heavy atom. The molecule has 0 saturated carbocycles. The van der Waals surface area contributed by atoms with Crippen molar-refractivity contribution in [3.63, 3.8) is 0 Å². The van der Waals surface area contributed by atoms with E-state index in [4.69, 9.17) is 10.1 Å². The minimum Gasteiger partial charge on any atom is -0.489 e. The summed E-state index contributed by atoms with van der Waals surface area (Å²) < 4.78 is 5.46. The molecule has 0 aromatic rings. The highest BCUT2D eigenvalue weighted by Crippen LogP contribution is 2.16. The van der Waals surface area contributed by atoms with E-state index in [9.17, 15) is 9.70 Å². The molecule has 0 atom stereocenters. The van der Waals surface area contributed by atoms with Gasteiger partial charge in [0.1, 0.15) is 17.9 Å². The molecule has 0 aliphatic carbocycles. The van der Waals surface area contributed by atoms with Gasteiger partial charge in [-0.1, -0.05) is 19.0 Å². The Hall–Kier alpha value is -2.24. The molecule has 1 heterocycles. The Balaban J connectivity index is 2.78. The topological polar surface area (TPSA) is 91.6 Å². The van der Waals surface area contributed by atoms with E-state index in [1.165, 1.54) is 0 Å². The molecule has 1 aliphatic heterocycles. The lowest BCUT2D eigenvalue weighted by molar-refractivity contribution is -0.117. The van der Waals surface area contributed by atoms with Crippen molar-refractivity contribution in [1.82, 2.24) is 5.32 Å². The molecular weight excluding hydrogens is 270 g/mol. The van der Waals surface area contributed by atoms with Gasteiger partial charge in [-0.2, -0.15) is 4.91 Å². The number of nitrogens with one attached hydrogen (secondary N) is 2. The van der Waals surface area contributed by atoms with Crippen LogP contribution in [0.4, 0.5) is 0 Å². The molecule has 0 aromatic carbocycles. The fraction of sp³-hybridized carbons (Fsp3) is 0.467. The van der Waals surface area contributed by atoms with Crippen LogP contribution in [0.5, 0.6) is 0 Å². The van der Waals surface area contributed by atoms with E-state index >= 15 is 0 Å². The molecule has 1 aliphatic rings. The summed E-state index contributed by atoms with van der Waals surface area (Å²) in [6.45, 7) is 7.10. The SMILES string of the molecule is CC(C)C(=O)/C(C=N)=C1\C=CC(OCC(C)(C)N=O)=CN1. The third kappa shape index (κ3) is 4.66. The molecule has 0 amide bonds. The summed E-state index contributed by atoms with van der Waals surface area (Å²) in [6.07, 6.45) is 6.00. The largest absolute Gasteiger partial charge is 0.489 e. The second-order valence-electron chi connectivity index (χ2n) is 5.71. The van der Waals surface area contributed by atoms with E-state index in [1.54, 1.807) is 46.0 Å². The Bertz CT molecular complexity index is 528. The number of ether oxygens (including phenoxy) is 1. The first-order valence-electron chi connectivity index (χ1n) is 6.72. The second-order valence-corrected chi connectivity index (χ2v) is 5.71. The van der Waals surface area contributed by atoms with Crippen LogP contribution in [0.25, 0.3) is 0 Å². The molecule has 1 rings (SSSR count). The van der Waals surface area contributed by atoms with Crippen LogP contribution >= 0.6 is 0 Å². The molecule has 6 heteroatoms. The van der Waals surface area contributed by atoms with Crippen molar-refractivity contribution in [1.29, 1.82) is 5.41 Å². The van der Waals surface area contributed by atoms with Gasteiger partial charge >= 0.3 is 0 Å². The van der Waals surface area contributed by atoms with E-state index in [0.717, 1.165) is 6.21 Å². The number of ketones is 1. The number of hydrogen-bond donors (Lipinski definition) is 2. The van der Waals surface area contributed by atoms with E-state index in [2.05, 4.69) is 10.5 Å². The maximum Gasteiger partial charge on any atom is 0.169 e. The zero-order chi connectivity index (χ0) is 16.0. The summed E-state index contributed by atoms with van der Waals surface area (Å²) in [5.74, 6) is 0.267. The van der Waals surface area contributed by atoms with E-state index in [1.807, 2.05) is 0 Å². The summed E-state index contributed by atoms with van der Waals surface area (Å²) in [6, 6.07) is 0. The predicted molar refractivity (Wildman–Crippen MR) is 81.8 cm³/mol. The van der Waals surface area contributed by atoms with Crippen molar-refractivity contribution in [3.05, 3.63) is 40.3 Å². The third-order valence-electron chi connectivity index (χ3n) is 2.85. The number of nitrogens with zero attached hydrogens (tertiary/aromatic N) is 1. The van der Waals surface area contributed by atoms with Gasteiger partial charge in [0.25, 0.3) is 0 Å². The fourth-order valence-electron chi connectivity index (χ4n) is 1.55. The summed E-state index contributed by atoms with van der Waals surface area (Å²) in [5, 5.41) is 13.3. The number of Topliss-reactive ketones (excluding diaryl/α,β-unsaturated/α-hetero) is 1. The van der Waals surface area contributed by atoms with Crippen molar-refractivity contribution in [2.45, 2.75) is 33.2 Å². The van der Waals surface area contributed by atoms with Gasteiger partial charge in [-0.05, 0) is 26.0 Å². The molecule has 0 radical (unpaired) electrons. The van der Waals surface area contributed by atoms with E-state index in [0.29, 0.717) is 17.0 Å². The predicted octanol–water partition coefficient (Wildman–Crippen LogP) is 2.68. The van der Waals surface area contributed by atoms with Gasteiger partial charge in [-0.25, -0.2) is 0 Å². The van der Waals surface area contributed by atoms with E-state index in [-0.39, 0.29) is 18.3 Å². The molecule has 0 fully saturated rings. The molecule has 0 spiro atoms. The summed E-state index contributed by atoms with van der Waals surface area (Å²) in [4.78, 5) is 22.5. The molecule has 0 unspecified atom stereocenters. The molecule has 0 bridgehead atoms. The molecule has 6 nitrogen and oxygen atoms in total. The maximum atomic E-state index is 12.0. The average Bonchev–Trinajstić information content (AvgIpc) is 2.47. The lowest BCUT2D eigenvalue weighted by Crippen LogP contribution is -2.24. The van der Waals surface area contributed by atoms with Crippen LogP contribution < -0.4 is 5.32 Å². The number of carbonyl (C=O) groups excluding carboxylic acids is 1. The standard InChI is InChI=1S/C15H21N3O3/c1-10(2)14(19)12(7-16)13-6-5-11(8-17-13)21-9-15(3,4)18-20/h5-8,10,16-17H,9H2,1-4H3/b13-12+,16-7?. The molecular formula is C15H21N3O3. The summed E-state index contributed by atoms with van der Waals surface area (Å²) in [7, 11) is 0. The van der Waals surface area contributed by atoms with E-state index < -0.39 is 5.54 Å². The number of nitroso groups, excluding NO2 is 1. The molecule has 0 saturated heterocycles. The van der Waals surface area contributed by atoms with Crippen molar-refractivity contribution in [2.75, 3.05) is 6.61 Å². The van der Waals surface area contributed by atoms with Crippen LogP contribution in [-0.2, 0) is 9.53 Å². The zero-order valence-electron chi connectivity index (χ0n) is 12.8. The molecule has 114 valence electrons.